The minimum atomic E-state index is -1.54. The summed E-state index contributed by atoms with van der Waals surface area (Å²) in [6, 6.07) is 0. The largest absolute Gasteiger partial charge is 0.457 e. The van der Waals surface area contributed by atoms with Gasteiger partial charge in [0.1, 0.15) is 30.5 Å². The predicted molar refractivity (Wildman–Crippen MR) is 215 cm³/mol. The first-order valence-corrected chi connectivity index (χ1v) is 21.2. The molecule has 6 unspecified atom stereocenters. The zero-order valence-corrected chi connectivity index (χ0v) is 33.5. The Labute approximate surface area is 322 Å². The standard InChI is InChI=1S/C44H78O9/c1-3-5-7-9-11-13-15-17-18-19-20-22-24-26-28-30-32-34-50-36-38(37-51-44-43(49)42(48)41(47)39(35-45)53-44)52-40(46)33-31-29-27-25-23-21-16-14-12-10-8-6-4-2/h6,8,12,14,18-19,21,23,38-39,41-45,47-49H,3-5,7,9-11,13,15-17,20,22,24-37H2,1-2H3/b8-6-,14-12-,19-18-,23-21-. The maximum Gasteiger partial charge on any atom is 0.306 e. The van der Waals surface area contributed by atoms with Crippen LogP contribution in [0.15, 0.2) is 48.6 Å². The molecule has 308 valence electrons. The molecule has 1 heterocycles. The lowest BCUT2D eigenvalue weighted by atomic mass is 9.99. The van der Waals surface area contributed by atoms with Gasteiger partial charge in [0.25, 0.3) is 0 Å². The molecule has 9 nitrogen and oxygen atoms in total. The summed E-state index contributed by atoms with van der Waals surface area (Å²) in [7, 11) is 0. The van der Waals surface area contributed by atoms with Crippen LogP contribution >= 0.6 is 0 Å². The third kappa shape index (κ3) is 27.4. The van der Waals surface area contributed by atoms with Gasteiger partial charge in [-0.05, 0) is 70.6 Å². The Morgan fingerprint density at radius 1 is 0.623 bits per heavy atom. The van der Waals surface area contributed by atoms with Crippen molar-refractivity contribution in [1.82, 2.24) is 0 Å². The van der Waals surface area contributed by atoms with Gasteiger partial charge in [0.2, 0.25) is 0 Å². The highest BCUT2D eigenvalue weighted by Gasteiger charge is 2.44. The first-order chi connectivity index (χ1) is 25.9. The SMILES string of the molecule is CC/C=C\C/C=C\C/C=C\CCCCCC(=O)OC(COCCCCCCCC/C=C\CCCCCCCCC)COC1OC(CO)C(O)C(O)C1O. The maximum absolute atomic E-state index is 12.7. The minimum absolute atomic E-state index is 0.127. The van der Waals surface area contributed by atoms with Gasteiger partial charge in [-0.2, -0.15) is 0 Å². The molecule has 0 aromatic rings. The van der Waals surface area contributed by atoms with Crippen molar-refractivity contribution in [2.75, 3.05) is 26.4 Å². The van der Waals surface area contributed by atoms with Crippen molar-refractivity contribution in [1.29, 1.82) is 0 Å². The summed E-state index contributed by atoms with van der Waals surface area (Å²) < 4.78 is 22.7. The van der Waals surface area contributed by atoms with Gasteiger partial charge in [0.05, 0.1) is 19.8 Å². The molecule has 0 radical (unpaired) electrons. The number of rotatable bonds is 35. The minimum Gasteiger partial charge on any atom is -0.457 e. The normalized spacial score (nSPS) is 21.5. The van der Waals surface area contributed by atoms with Crippen LogP contribution in [-0.2, 0) is 23.7 Å². The van der Waals surface area contributed by atoms with Crippen molar-refractivity contribution in [2.45, 2.75) is 198 Å². The van der Waals surface area contributed by atoms with Crippen molar-refractivity contribution in [3.05, 3.63) is 48.6 Å². The molecule has 53 heavy (non-hydrogen) atoms. The number of esters is 1. The van der Waals surface area contributed by atoms with E-state index in [1.807, 2.05) is 0 Å². The van der Waals surface area contributed by atoms with Crippen LogP contribution in [0.1, 0.15) is 162 Å². The second-order valence-corrected chi connectivity index (χ2v) is 14.4. The molecule has 0 aliphatic carbocycles. The number of carbonyl (C=O) groups excluding carboxylic acids is 1. The molecular weight excluding hydrogens is 672 g/mol. The van der Waals surface area contributed by atoms with E-state index < -0.39 is 43.4 Å². The fraction of sp³-hybridized carbons (Fsp3) is 0.795. The molecule has 6 atom stereocenters. The van der Waals surface area contributed by atoms with E-state index in [9.17, 15) is 25.2 Å². The smallest absolute Gasteiger partial charge is 0.306 e. The number of hydrogen-bond donors (Lipinski definition) is 4. The van der Waals surface area contributed by atoms with Crippen LogP contribution in [-0.4, -0.2) is 89.6 Å². The summed E-state index contributed by atoms with van der Waals surface area (Å²) in [5, 5.41) is 40.0. The van der Waals surface area contributed by atoms with Crippen molar-refractivity contribution in [2.24, 2.45) is 0 Å². The lowest BCUT2D eigenvalue weighted by molar-refractivity contribution is -0.305. The van der Waals surface area contributed by atoms with E-state index in [4.69, 9.17) is 18.9 Å². The number of unbranched alkanes of at least 4 members (excludes halogenated alkanes) is 16. The van der Waals surface area contributed by atoms with E-state index in [-0.39, 0.29) is 25.6 Å². The molecule has 0 amide bonds. The first kappa shape index (κ1) is 49.2. The van der Waals surface area contributed by atoms with Gasteiger partial charge >= 0.3 is 5.97 Å². The fourth-order valence-electron chi connectivity index (χ4n) is 6.15. The highest BCUT2D eigenvalue weighted by Crippen LogP contribution is 2.22. The molecular formula is C44H78O9. The van der Waals surface area contributed by atoms with Crippen molar-refractivity contribution < 1.29 is 44.2 Å². The van der Waals surface area contributed by atoms with Gasteiger partial charge in [-0.25, -0.2) is 0 Å². The van der Waals surface area contributed by atoms with Gasteiger partial charge in [0.15, 0.2) is 6.29 Å². The van der Waals surface area contributed by atoms with E-state index in [0.29, 0.717) is 13.0 Å². The highest BCUT2D eigenvalue weighted by molar-refractivity contribution is 5.69. The number of allylic oxidation sites excluding steroid dienone is 8. The van der Waals surface area contributed by atoms with E-state index in [1.165, 1.54) is 70.6 Å². The van der Waals surface area contributed by atoms with Crippen LogP contribution in [0.25, 0.3) is 0 Å². The molecule has 9 heteroatoms. The van der Waals surface area contributed by atoms with Crippen LogP contribution in [0.4, 0.5) is 0 Å². The van der Waals surface area contributed by atoms with Crippen LogP contribution in [0.2, 0.25) is 0 Å². The Balaban J connectivity index is 2.31. The predicted octanol–water partition coefficient (Wildman–Crippen LogP) is 8.97. The van der Waals surface area contributed by atoms with E-state index in [0.717, 1.165) is 64.2 Å². The molecule has 0 spiro atoms. The average molecular weight is 751 g/mol. The van der Waals surface area contributed by atoms with Gasteiger partial charge in [-0.3, -0.25) is 4.79 Å². The number of aliphatic hydroxyl groups excluding tert-OH is 4. The summed E-state index contributed by atoms with van der Waals surface area (Å²) in [5.41, 5.74) is 0. The lowest BCUT2D eigenvalue weighted by Crippen LogP contribution is -2.59. The van der Waals surface area contributed by atoms with Gasteiger partial charge in [-0.1, -0.05) is 133 Å². The van der Waals surface area contributed by atoms with Crippen LogP contribution in [0.3, 0.4) is 0 Å². The zero-order valence-electron chi connectivity index (χ0n) is 33.5. The Morgan fingerprint density at radius 3 is 1.75 bits per heavy atom. The van der Waals surface area contributed by atoms with Gasteiger partial charge < -0.3 is 39.4 Å². The fourth-order valence-corrected chi connectivity index (χ4v) is 6.15. The Morgan fingerprint density at radius 2 is 1.15 bits per heavy atom. The second kappa shape index (κ2) is 35.8. The van der Waals surface area contributed by atoms with Crippen LogP contribution in [0, 0.1) is 0 Å². The Hall–Kier alpha value is -1.85. The third-order valence-corrected chi connectivity index (χ3v) is 9.48. The monoisotopic (exact) mass is 751 g/mol. The van der Waals surface area contributed by atoms with E-state index >= 15 is 0 Å². The number of ether oxygens (including phenoxy) is 4. The molecule has 1 aliphatic rings. The number of aliphatic hydroxyl groups is 4. The Bertz CT molecular complexity index is 947. The molecule has 1 saturated heterocycles. The number of carbonyl (C=O) groups is 1. The van der Waals surface area contributed by atoms with Gasteiger partial charge in [0, 0.05) is 13.0 Å². The molecule has 4 N–H and O–H groups in total. The summed E-state index contributed by atoms with van der Waals surface area (Å²) in [6.07, 6.45) is 35.7. The first-order valence-electron chi connectivity index (χ1n) is 21.2. The molecule has 1 aliphatic heterocycles. The van der Waals surface area contributed by atoms with Crippen LogP contribution < -0.4 is 0 Å². The summed E-state index contributed by atoms with van der Waals surface area (Å²) in [6.45, 7) is 4.38. The third-order valence-electron chi connectivity index (χ3n) is 9.48. The molecule has 0 bridgehead atoms. The molecule has 0 aromatic heterocycles. The van der Waals surface area contributed by atoms with Crippen molar-refractivity contribution >= 4 is 5.97 Å². The molecule has 1 rings (SSSR count). The zero-order chi connectivity index (χ0) is 38.6. The van der Waals surface area contributed by atoms with Crippen LogP contribution in [0.5, 0.6) is 0 Å². The lowest BCUT2D eigenvalue weighted by Gasteiger charge is -2.39. The summed E-state index contributed by atoms with van der Waals surface area (Å²) in [4.78, 5) is 12.7. The average Bonchev–Trinajstić information content (AvgIpc) is 3.16. The molecule has 0 aromatic carbocycles. The molecule has 1 fully saturated rings. The quantitative estimate of drug-likeness (QED) is 0.0285. The van der Waals surface area contributed by atoms with E-state index in [1.54, 1.807) is 0 Å². The topological polar surface area (TPSA) is 135 Å². The Kier molecular flexibility index (Phi) is 33.2. The maximum atomic E-state index is 12.7. The van der Waals surface area contributed by atoms with Crippen molar-refractivity contribution in [3.8, 4) is 0 Å². The van der Waals surface area contributed by atoms with Crippen molar-refractivity contribution in [3.63, 3.8) is 0 Å². The highest BCUT2D eigenvalue weighted by atomic mass is 16.7. The van der Waals surface area contributed by atoms with E-state index in [2.05, 4.69) is 62.5 Å². The van der Waals surface area contributed by atoms with Gasteiger partial charge in [-0.15, -0.1) is 0 Å². The summed E-state index contributed by atoms with van der Waals surface area (Å²) >= 11 is 0. The summed E-state index contributed by atoms with van der Waals surface area (Å²) in [5.74, 6) is -0.346. The second-order valence-electron chi connectivity index (χ2n) is 14.4. The molecule has 0 saturated carbocycles. The number of hydrogen-bond acceptors (Lipinski definition) is 9.